The summed E-state index contributed by atoms with van der Waals surface area (Å²) < 4.78 is 9.92. The van der Waals surface area contributed by atoms with Gasteiger partial charge >= 0.3 is 0 Å². The molecule has 1 atom stereocenters. The van der Waals surface area contributed by atoms with E-state index in [0.29, 0.717) is 35.4 Å². The van der Waals surface area contributed by atoms with Gasteiger partial charge in [-0.2, -0.15) is 0 Å². The molecular weight excluding hydrogens is 274 g/mol. The number of methoxy groups -OCH3 is 1. The third kappa shape index (κ3) is 3.77. The molecule has 114 valence electrons. The molecule has 0 bridgehead atoms. The SMILES string of the molecule is COCCC(C)(O)CNC(=O)c1cnc2onc(C)c2c1. The molecule has 0 aromatic carbocycles. The molecule has 2 rings (SSSR count). The summed E-state index contributed by atoms with van der Waals surface area (Å²) in [6.07, 6.45) is 1.86. The Hall–Kier alpha value is -1.99. The largest absolute Gasteiger partial charge is 0.388 e. The van der Waals surface area contributed by atoms with Crippen LogP contribution in [0.1, 0.15) is 29.4 Å². The van der Waals surface area contributed by atoms with Gasteiger partial charge in [0.05, 0.1) is 22.2 Å². The van der Waals surface area contributed by atoms with Crippen LogP contribution >= 0.6 is 0 Å². The van der Waals surface area contributed by atoms with Crippen molar-refractivity contribution in [3.63, 3.8) is 0 Å². The molecule has 21 heavy (non-hydrogen) atoms. The summed E-state index contributed by atoms with van der Waals surface area (Å²) in [5.41, 5.74) is 0.461. The Morgan fingerprint density at radius 1 is 1.57 bits per heavy atom. The first-order chi connectivity index (χ1) is 9.93. The van der Waals surface area contributed by atoms with Crippen LogP contribution in [0.4, 0.5) is 0 Å². The third-order valence-electron chi connectivity index (χ3n) is 3.25. The fourth-order valence-corrected chi connectivity index (χ4v) is 1.85. The van der Waals surface area contributed by atoms with Crippen molar-refractivity contribution in [3.8, 4) is 0 Å². The van der Waals surface area contributed by atoms with Crippen LogP contribution in [0.5, 0.6) is 0 Å². The van der Waals surface area contributed by atoms with Gasteiger partial charge in [-0.05, 0) is 19.9 Å². The molecule has 0 aliphatic heterocycles. The highest BCUT2D eigenvalue weighted by atomic mass is 16.5. The number of nitrogens with one attached hydrogen (secondary N) is 1. The van der Waals surface area contributed by atoms with E-state index in [2.05, 4.69) is 15.5 Å². The lowest BCUT2D eigenvalue weighted by atomic mass is 10.0. The zero-order valence-electron chi connectivity index (χ0n) is 12.3. The Bertz CT molecular complexity index is 636. The molecule has 7 heteroatoms. The first-order valence-electron chi connectivity index (χ1n) is 6.64. The lowest BCUT2D eigenvalue weighted by Gasteiger charge is -2.23. The molecule has 2 aromatic heterocycles. The number of ether oxygens (including phenoxy) is 1. The lowest BCUT2D eigenvalue weighted by Crippen LogP contribution is -2.41. The molecule has 0 aliphatic rings. The van der Waals surface area contributed by atoms with Crippen molar-refractivity contribution >= 4 is 17.0 Å². The Morgan fingerprint density at radius 2 is 2.33 bits per heavy atom. The van der Waals surface area contributed by atoms with Gasteiger partial charge in [-0.15, -0.1) is 0 Å². The van der Waals surface area contributed by atoms with E-state index in [1.54, 1.807) is 27.0 Å². The van der Waals surface area contributed by atoms with Crippen molar-refractivity contribution in [2.24, 2.45) is 0 Å². The summed E-state index contributed by atoms with van der Waals surface area (Å²) >= 11 is 0. The molecule has 2 aromatic rings. The van der Waals surface area contributed by atoms with E-state index < -0.39 is 5.60 Å². The lowest BCUT2D eigenvalue weighted by molar-refractivity contribution is 0.0243. The molecule has 0 aliphatic carbocycles. The number of rotatable bonds is 6. The van der Waals surface area contributed by atoms with Gasteiger partial charge < -0.3 is 19.7 Å². The molecule has 1 unspecified atom stereocenters. The predicted octanol–water partition coefficient (Wildman–Crippen LogP) is 1.05. The Balaban J connectivity index is 2.03. The van der Waals surface area contributed by atoms with Crippen molar-refractivity contribution in [3.05, 3.63) is 23.5 Å². The Kier molecular flexibility index (Phi) is 4.54. The second-order valence-electron chi connectivity index (χ2n) is 5.27. The summed E-state index contributed by atoms with van der Waals surface area (Å²) in [4.78, 5) is 16.1. The summed E-state index contributed by atoms with van der Waals surface area (Å²) in [5.74, 6) is -0.303. The van der Waals surface area contributed by atoms with Crippen LogP contribution in [-0.2, 0) is 4.74 Å². The van der Waals surface area contributed by atoms with Gasteiger partial charge in [0.15, 0.2) is 0 Å². The first-order valence-corrected chi connectivity index (χ1v) is 6.64. The van der Waals surface area contributed by atoms with Gasteiger partial charge in [0.2, 0.25) is 0 Å². The molecule has 0 fully saturated rings. The summed E-state index contributed by atoms with van der Waals surface area (Å²) in [6, 6.07) is 1.67. The normalized spacial score (nSPS) is 14.1. The molecule has 2 heterocycles. The standard InChI is InChI=1S/C14H19N3O4/c1-9-11-6-10(7-15-13(11)21-17-9)12(18)16-8-14(2,19)4-5-20-3/h6-7,19H,4-5,8H2,1-3H3,(H,16,18). The second-order valence-corrected chi connectivity index (χ2v) is 5.27. The number of carbonyl (C=O) groups is 1. The fourth-order valence-electron chi connectivity index (χ4n) is 1.85. The van der Waals surface area contributed by atoms with Crippen LogP contribution in [0.15, 0.2) is 16.8 Å². The number of pyridine rings is 1. The van der Waals surface area contributed by atoms with Crippen molar-refractivity contribution in [2.45, 2.75) is 25.9 Å². The number of fused-ring (bicyclic) bond motifs is 1. The average Bonchev–Trinajstić information content (AvgIpc) is 2.84. The van der Waals surface area contributed by atoms with E-state index in [0.717, 1.165) is 0 Å². The van der Waals surface area contributed by atoms with Crippen LogP contribution in [0.2, 0.25) is 0 Å². The molecule has 0 radical (unpaired) electrons. The number of amides is 1. The van der Waals surface area contributed by atoms with Gasteiger partial charge in [0.1, 0.15) is 0 Å². The number of aryl methyl sites for hydroxylation is 1. The number of carbonyl (C=O) groups excluding carboxylic acids is 1. The van der Waals surface area contributed by atoms with E-state index in [1.807, 2.05) is 0 Å². The molecule has 0 spiro atoms. The third-order valence-corrected chi connectivity index (χ3v) is 3.25. The van der Waals surface area contributed by atoms with Crippen molar-refractivity contribution < 1.29 is 19.2 Å². The van der Waals surface area contributed by atoms with Gasteiger partial charge in [-0.1, -0.05) is 5.16 Å². The van der Waals surface area contributed by atoms with Crippen LogP contribution < -0.4 is 5.32 Å². The molecule has 0 saturated carbocycles. The van der Waals surface area contributed by atoms with Gasteiger partial charge in [-0.25, -0.2) is 4.98 Å². The van der Waals surface area contributed by atoms with Crippen LogP contribution in [-0.4, -0.2) is 47.0 Å². The van der Waals surface area contributed by atoms with E-state index in [-0.39, 0.29) is 12.5 Å². The smallest absolute Gasteiger partial charge is 0.257 e. The molecule has 2 N–H and O–H groups in total. The number of hydrogen-bond donors (Lipinski definition) is 2. The van der Waals surface area contributed by atoms with Crippen LogP contribution in [0.25, 0.3) is 11.1 Å². The van der Waals surface area contributed by atoms with E-state index in [1.165, 1.54) is 6.20 Å². The first kappa shape index (κ1) is 15.4. The van der Waals surface area contributed by atoms with Gasteiger partial charge in [0, 0.05) is 32.9 Å². The molecule has 0 saturated heterocycles. The maximum Gasteiger partial charge on any atom is 0.257 e. The number of aromatic nitrogens is 2. The summed E-state index contributed by atoms with van der Waals surface area (Å²) in [5, 5.41) is 17.3. The van der Waals surface area contributed by atoms with Crippen molar-refractivity contribution in [1.82, 2.24) is 15.5 Å². The number of hydrogen-bond acceptors (Lipinski definition) is 6. The minimum Gasteiger partial charge on any atom is -0.388 e. The maximum absolute atomic E-state index is 12.1. The fraction of sp³-hybridized carbons (Fsp3) is 0.500. The van der Waals surface area contributed by atoms with Crippen LogP contribution in [0, 0.1) is 6.92 Å². The van der Waals surface area contributed by atoms with E-state index >= 15 is 0 Å². The van der Waals surface area contributed by atoms with Crippen molar-refractivity contribution in [2.75, 3.05) is 20.3 Å². The highest BCUT2D eigenvalue weighted by Crippen LogP contribution is 2.17. The minimum atomic E-state index is -1.02. The number of aliphatic hydroxyl groups is 1. The van der Waals surface area contributed by atoms with Crippen LogP contribution in [0.3, 0.4) is 0 Å². The minimum absolute atomic E-state index is 0.135. The Morgan fingerprint density at radius 3 is 3.05 bits per heavy atom. The summed E-state index contributed by atoms with van der Waals surface area (Å²) in [6.45, 7) is 3.99. The molecule has 7 nitrogen and oxygen atoms in total. The molecular formula is C14H19N3O4. The predicted molar refractivity (Wildman–Crippen MR) is 76.0 cm³/mol. The van der Waals surface area contributed by atoms with Gasteiger partial charge in [0.25, 0.3) is 11.6 Å². The maximum atomic E-state index is 12.1. The van der Waals surface area contributed by atoms with E-state index in [4.69, 9.17) is 9.26 Å². The summed E-state index contributed by atoms with van der Waals surface area (Å²) in [7, 11) is 1.57. The topological polar surface area (TPSA) is 97.5 Å². The zero-order valence-corrected chi connectivity index (χ0v) is 12.3. The highest BCUT2D eigenvalue weighted by Gasteiger charge is 2.21. The van der Waals surface area contributed by atoms with E-state index in [9.17, 15) is 9.90 Å². The zero-order chi connectivity index (χ0) is 15.5. The second kappa shape index (κ2) is 6.19. The highest BCUT2D eigenvalue weighted by molar-refractivity contribution is 5.96. The Labute approximate surface area is 122 Å². The quantitative estimate of drug-likeness (QED) is 0.826. The monoisotopic (exact) mass is 293 g/mol. The average molecular weight is 293 g/mol. The van der Waals surface area contributed by atoms with Crippen molar-refractivity contribution in [1.29, 1.82) is 0 Å². The molecule has 1 amide bonds. The van der Waals surface area contributed by atoms with Gasteiger partial charge in [-0.3, -0.25) is 4.79 Å². The number of nitrogens with zero attached hydrogens (tertiary/aromatic N) is 2.